The van der Waals surface area contributed by atoms with Crippen LogP contribution in [0, 0.1) is 0 Å². The largest absolute Gasteiger partial charge is 0.493 e. The molecule has 0 atom stereocenters. The number of hydrogen-bond acceptors (Lipinski definition) is 6. The summed E-state index contributed by atoms with van der Waals surface area (Å²) >= 11 is 7.50. The number of amides is 1. The van der Waals surface area contributed by atoms with Gasteiger partial charge in [0.1, 0.15) is 0 Å². The topological polar surface area (TPSA) is 88.4 Å². The van der Waals surface area contributed by atoms with Gasteiger partial charge in [-0.05, 0) is 49.4 Å². The third-order valence-electron chi connectivity index (χ3n) is 3.39. The lowest BCUT2D eigenvalue weighted by Gasteiger charge is -2.12. The summed E-state index contributed by atoms with van der Waals surface area (Å²) in [5.41, 5.74) is 0.638. The van der Waals surface area contributed by atoms with Crippen LogP contribution in [0.1, 0.15) is 19.4 Å². The van der Waals surface area contributed by atoms with E-state index in [4.69, 9.17) is 26.2 Å². The molecule has 26 heavy (non-hydrogen) atoms. The maximum absolute atomic E-state index is 12.5. The molecule has 0 aliphatic carbocycles. The Balaban J connectivity index is 2.36. The standard InChI is InChI=1S/C17H19ClN2O5S/c1-4-19-17-20(5-2)16(23)13(26-17)8-10-6-11(18)15(12(7-10)24-3)25-9-14(21)22/h6-8H,4-5,9H2,1-3H3,(H,21,22). The van der Waals surface area contributed by atoms with Gasteiger partial charge in [-0.1, -0.05) is 11.6 Å². The Labute approximate surface area is 160 Å². The van der Waals surface area contributed by atoms with E-state index < -0.39 is 12.6 Å². The second kappa shape index (κ2) is 8.95. The summed E-state index contributed by atoms with van der Waals surface area (Å²) < 4.78 is 10.4. The minimum absolute atomic E-state index is 0.119. The number of ether oxygens (including phenoxy) is 2. The first-order valence-corrected chi connectivity index (χ1v) is 9.08. The van der Waals surface area contributed by atoms with Gasteiger partial charge in [0.05, 0.1) is 17.0 Å². The van der Waals surface area contributed by atoms with E-state index in [1.54, 1.807) is 23.1 Å². The lowest BCUT2D eigenvalue weighted by Crippen LogP contribution is -2.28. The van der Waals surface area contributed by atoms with Gasteiger partial charge in [-0.15, -0.1) is 0 Å². The fourth-order valence-corrected chi connectivity index (χ4v) is 3.67. The van der Waals surface area contributed by atoms with E-state index in [1.807, 2.05) is 13.8 Å². The molecule has 9 heteroatoms. The molecule has 1 aliphatic rings. The summed E-state index contributed by atoms with van der Waals surface area (Å²) in [5.74, 6) is -0.806. The molecule has 140 valence electrons. The molecule has 7 nitrogen and oxygen atoms in total. The van der Waals surface area contributed by atoms with Crippen LogP contribution in [0.25, 0.3) is 6.08 Å². The first-order valence-electron chi connectivity index (χ1n) is 7.89. The van der Waals surface area contributed by atoms with Crippen LogP contribution >= 0.6 is 23.4 Å². The number of rotatable bonds is 7. The molecule has 0 unspecified atom stereocenters. The maximum atomic E-state index is 12.5. The molecule has 0 spiro atoms. The third-order valence-corrected chi connectivity index (χ3v) is 4.71. The summed E-state index contributed by atoms with van der Waals surface area (Å²) in [6, 6.07) is 3.22. The fraction of sp³-hybridized carbons (Fsp3) is 0.353. The monoisotopic (exact) mass is 398 g/mol. The van der Waals surface area contributed by atoms with Crippen LogP contribution in [0.3, 0.4) is 0 Å². The second-order valence-electron chi connectivity index (χ2n) is 5.13. The lowest BCUT2D eigenvalue weighted by atomic mass is 10.1. The van der Waals surface area contributed by atoms with E-state index in [1.165, 1.54) is 18.9 Å². The van der Waals surface area contributed by atoms with Crippen molar-refractivity contribution in [2.45, 2.75) is 13.8 Å². The Bertz CT molecular complexity index is 779. The van der Waals surface area contributed by atoms with E-state index >= 15 is 0 Å². The SMILES string of the molecule is CCN=C1SC(=Cc2cc(Cl)c(OCC(=O)O)c(OC)c2)C(=O)N1CC. The zero-order chi connectivity index (χ0) is 19.3. The summed E-state index contributed by atoms with van der Waals surface area (Å²) in [6.07, 6.45) is 1.70. The van der Waals surface area contributed by atoms with Gasteiger partial charge in [0, 0.05) is 13.1 Å². The summed E-state index contributed by atoms with van der Waals surface area (Å²) in [6.45, 7) is 4.39. The van der Waals surface area contributed by atoms with Crippen molar-refractivity contribution in [2.75, 3.05) is 26.8 Å². The Kier molecular flexibility index (Phi) is 6.93. The van der Waals surface area contributed by atoms with Gasteiger partial charge in [0.2, 0.25) is 0 Å². The Morgan fingerprint density at radius 1 is 1.42 bits per heavy atom. The molecule has 1 saturated heterocycles. The van der Waals surface area contributed by atoms with Gasteiger partial charge >= 0.3 is 5.97 Å². The van der Waals surface area contributed by atoms with Gasteiger partial charge in [-0.2, -0.15) is 0 Å². The number of methoxy groups -OCH3 is 1. The molecule has 0 radical (unpaired) electrons. The first kappa shape index (κ1) is 20.1. The number of carbonyl (C=O) groups excluding carboxylic acids is 1. The number of carboxylic acids is 1. The highest BCUT2D eigenvalue weighted by atomic mass is 35.5. The average molecular weight is 399 g/mol. The molecule has 0 aromatic heterocycles. The summed E-state index contributed by atoms with van der Waals surface area (Å²) in [7, 11) is 1.43. The number of amidine groups is 1. The van der Waals surface area contributed by atoms with Crippen LogP contribution in [0.15, 0.2) is 22.0 Å². The number of carboxylic acid groups (broad SMARTS) is 1. The summed E-state index contributed by atoms with van der Waals surface area (Å²) in [5, 5.41) is 9.61. The number of aliphatic carboxylic acids is 1. The molecule has 0 saturated carbocycles. The predicted molar refractivity (Wildman–Crippen MR) is 102 cm³/mol. The molecule has 0 bridgehead atoms. The van der Waals surface area contributed by atoms with Crippen LogP contribution < -0.4 is 9.47 Å². The van der Waals surface area contributed by atoms with Crippen molar-refractivity contribution < 1.29 is 24.2 Å². The van der Waals surface area contributed by atoms with Crippen LogP contribution in [-0.2, 0) is 9.59 Å². The highest BCUT2D eigenvalue weighted by Gasteiger charge is 2.31. The zero-order valence-electron chi connectivity index (χ0n) is 14.6. The average Bonchev–Trinajstić information content (AvgIpc) is 2.88. The van der Waals surface area contributed by atoms with Crippen molar-refractivity contribution in [3.8, 4) is 11.5 Å². The van der Waals surface area contributed by atoms with Crippen molar-refractivity contribution in [3.05, 3.63) is 27.6 Å². The lowest BCUT2D eigenvalue weighted by molar-refractivity contribution is -0.139. The third kappa shape index (κ3) is 4.50. The Morgan fingerprint density at radius 2 is 2.15 bits per heavy atom. The second-order valence-corrected chi connectivity index (χ2v) is 6.55. The van der Waals surface area contributed by atoms with Crippen molar-refractivity contribution in [1.29, 1.82) is 0 Å². The summed E-state index contributed by atoms with van der Waals surface area (Å²) in [4.78, 5) is 29.7. The normalized spacial score (nSPS) is 17.2. The van der Waals surface area contributed by atoms with Gasteiger partial charge in [-0.25, -0.2) is 4.79 Å². The van der Waals surface area contributed by atoms with Gasteiger partial charge in [0.25, 0.3) is 5.91 Å². The van der Waals surface area contributed by atoms with Gasteiger partial charge < -0.3 is 14.6 Å². The van der Waals surface area contributed by atoms with E-state index in [0.717, 1.165) is 0 Å². The molecular weight excluding hydrogens is 380 g/mol. The van der Waals surface area contributed by atoms with Crippen molar-refractivity contribution in [2.24, 2.45) is 4.99 Å². The minimum Gasteiger partial charge on any atom is -0.493 e. The quantitative estimate of drug-likeness (QED) is 0.710. The molecule has 2 rings (SSSR count). The number of halogens is 1. The molecule has 1 heterocycles. The molecule has 1 N–H and O–H groups in total. The van der Waals surface area contributed by atoms with Crippen LogP contribution in [0.5, 0.6) is 11.5 Å². The van der Waals surface area contributed by atoms with E-state index in [-0.39, 0.29) is 22.4 Å². The van der Waals surface area contributed by atoms with Crippen molar-refractivity contribution in [3.63, 3.8) is 0 Å². The molecule has 1 fully saturated rings. The molecule has 1 aromatic carbocycles. The number of hydrogen-bond donors (Lipinski definition) is 1. The van der Waals surface area contributed by atoms with Crippen molar-refractivity contribution >= 4 is 46.5 Å². The highest BCUT2D eigenvalue weighted by Crippen LogP contribution is 2.39. The Morgan fingerprint density at radius 3 is 2.73 bits per heavy atom. The van der Waals surface area contributed by atoms with E-state index in [9.17, 15) is 9.59 Å². The van der Waals surface area contributed by atoms with Crippen LogP contribution in [0.4, 0.5) is 0 Å². The Hall–Kier alpha value is -2.19. The van der Waals surface area contributed by atoms with Crippen molar-refractivity contribution in [1.82, 2.24) is 4.90 Å². The minimum atomic E-state index is -1.12. The predicted octanol–water partition coefficient (Wildman–Crippen LogP) is 3.12. The number of carbonyl (C=O) groups is 2. The van der Waals surface area contributed by atoms with Gasteiger partial charge in [-0.3, -0.25) is 14.7 Å². The first-order chi connectivity index (χ1) is 12.4. The molecule has 1 aliphatic heterocycles. The van der Waals surface area contributed by atoms with Crippen LogP contribution in [0.2, 0.25) is 5.02 Å². The smallest absolute Gasteiger partial charge is 0.341 e. The molecule has 1 aromatic rings. The highest BCUT2D eigenvalue weighted by molar-refractivity contribution is 8.18. The molecular formula is C17H19ClN2O5S. The number of likely N-dealkylation sites (N-methyl/N-ethyl adjacent to an activating group) is 1. The fourth-order valence-electron chi connectivity index (χ4n) is 2.29. The number of nitrogens with zero attached hydrogens (tertiary/aromatic N) is 2. The molecule has 1 amide bonds. The number of aliphatic imine (C=N–C) groups is 1. The van der Waals surface area contributed by atoms with Gasteiger partial charge in [0.15, 0.2) is 23.3 Å². The van der Waals surface area contributed by atoms with E-state index in [2.05, 4.69) is 4.99 Å². The van der Waals surface area contributed by atoms with E-state index in [0.29, 0.717) is 28.7 Å². The number of thioether (sulfide) groups is 1. The number of benzene rings is 1. The maximum Gasteiger partial charge on any atom is 0.341 e. The zero-order valence-corrected chi connectivity index (χ0v) is 16.2. The van der Waals surface area contributed by atoms with Crippen LogP contribution in [-0.4, -0.2) is 53.9 Å².